The molecule has 0 radical (unpaired) electrons. The van der Waals surface area contributed by atoms with Crippen molar-refractivity contribution in [1.29, 1.82) is 0 Å². The Bertz CT molecular complexity index is 539. The molecule has 4 nitrogen and oxygen atoms in total. The van der Waals surface area contributed by atoms with Crippen molar-refractivity contribution >= 4 is 15.7 Å². The zero-order valence-corrected chi connectivity index (χ0v) is 13.3. The van der Waals surface area contributed by atoms with Crippen molar-refractivity contribution in [2.24, 2.45) is 5.92 Å². The first-order chi connectivity index (χ1) is 9.45. The van der Waals surface area contributed by atoms with Gasteiger partial charge in [0.2, 0.25) is 10.0 Å². The van der Waals surface area contributed by atoms with Gasteiger partial charge < -0.3 is 5.32 Å². The predicted octanol–water partition coefficient (Wildman–Crippen LogP) is 2.93. The van der Waals surface area contributed by atoms with Crippen molar-refractivity contribution in [3.63, 3.8) is 0 Å². The van der Waals surface area contributed by atoms with Gasteiger partial charge in [0.05, 0.1) is 4.90 Å². The molecule has 1 saturated carbocycles. The van der Waals surface area contributed by atoms with Crippen LogP contribution in [0.25, 0.3) is 0 Å². The van der Waals surface area contributed by atoms with Gasteiger partial charge in [0.1, 0.15) is 0 Å². The minimum absolute atomic E-state index is 0.132. The molecule has 2 atom stereocenters. The van der Waals surface area contributed by atoms with E-state index >= 15 is 0 Å². The van der Waals surface area contributed by atoms with Gasteiger partial charge in [-0.25, -0.2) is 8.42 Å². The molecule has 0 bridgehead atoms. The second-order valence-corrected chi connectivity index (χ2v) is 7.72. The molecule has 0 amide bonds. The van der Waals surface area contributed by atoms with Crippen LogP contribution in [0.1, 0.15) is 32.6 Å². The van der Waals surface area contributed by atoms with Gasteiger partial charge in [-0.05, 0) is 43.0 Å². The lowest BCUT2D eigenvalue weighted by Gasteiger charge is -2.33. The third-order valence-electron chi connectivity index (χ3n) is 4.24. The molecule has 0 spiro atoms. The van der Waals surface area contributed by atoms with Crippen molar-refractivity contribution in [3.8, 4) is 0 Å². The summed E-state index contributed by atoms with van der Waals surface area (Å²) >= 11 is 0. The van der Waals surface area contributed by atoms with Gasteiger partial charge in [0.15, 0.2) is 0 Å². The fourth-order valence-electron chi connectivity index (χ4n) is 2.89. The van der Waals surface area contributed by atoms with E-state index < -0.39 is 10.0 Å². The van der Waals surface area contributed by atoms with Crippen molar-refractivity contribution in [1.82, 2.24) is 4.31 Å². The van der Waals surface area contributed by atoms with Crippen LogP contribution >= 0.6 is 0 Å². The maximum Gasteiger partial charge on any atom is 0.243 e. The molecular weight excluding hydrogens is 272 g/mol. The first-order valence-corrected chi connectivity index (χ1v) is 8.65. The van der Waals surface area contributed by atoms with Crippen LogP contribution in [0.3, 0.4) is 0 Å². The minimum Gasteiger partial charge on any atom is -0.388 e. The van der Waals surface area contributed by atoms with E-state index in [1.807, 2.05) is 7.05 Å². The van der Waals surface area contributed by atoms with Gasteiger partial charge >= 0.3 is 0 Å². The fourth-order valence-corrected chi connectivity index (χ4v) is 4.28. The van der Waals surface area contributed by atoms with E-state index in [-0.39, 0.29) is 6.04 Å². The zero-order valence-electron chi connectivity index (χ0n) is 12.5. The molecule has 0 saturated heterocycles. The topological polar surface area (TPSA) is 49.4 Å². The summed E-state index contributed by atoms with van der Waals surface area (Å²) in [6.07, 6.45) is 4.25. The number of anilines is 1. The summed E-state index contributed by atoms with van der Waals surface area (Å²) < 4.78 is 26.9. The molecule has 2 unspecified atom stereocenters. The van der Waals surface area contributed by atoms with E-state index in [0.717, 1.165) is 24.9 Å². The lowest BCUT2D eigenvalue weighted by Crippen LogP contribution is -2.39. The second kappa shape index (κ2) is 6.14. The average Bonchev–Trinajstić information content (AvgIpc) is 2.46. The molecule has 20 heavy (non-hydrogen) atoms. The first-order valence-electron chi connectivity index (χ1n) is 7.21. The average molecular weight is 296 g/mol. The highest BCUT2D eigenvalue weighted by Crippen LogP contribution is 2.30. The third kappa shape index (κ3) is 3.15. The highest BCUT2D eigenvalue weighted by atomic mass is 32.2. The number of nitrogens with one attached hydrogen (secondary N) is 1. The molecule has 1 aliphatic rings. The summed E-state index contributed by atoms with van der Waals surface area (Å²) in [5.74, 6) is 0.609. The van der Waals surface area contributed by atoms with Crippen LogP contribution in [0.5, 0.6) is 0 Å². The van der Waals surface area contributed by atoms with Crippen LogP contribution in [0.4, 0.5) is 5.69 Å². The first kappa shape index (κ1) is 15.3. The van der Waals surface area contributed by atoms with E-state index in [1.165, 1.54) is 6.42 Å². The second-order valence-electron chi connectivity index (χ2n) is 5.72. The van der Waals surface area contributed by atoms with E-state index in [0.29, 0.717) is 10.8 Å². The van der Waals surface area contributed by atoms with Crippen molar-refractivity contribution in [2.75, 3.05) is 19.4 Å². The predicted molar refractivity (Wildman–Crippen MR) is 82.4 cm³/mol. The van der Waals surface area contributed by atoms with Crippen LogP contribution in [-0.2, 0) is 10.0 Å². The number of sulfonamides is 1. The minimum atomic E-state index is -3.38. The van der Waals surface area contributed by atoms with E-state index in [9.17, 15) is 8.42 Å². The Labute approximate surface area is 122 Å². The Hall–Kier alpha value is -1.07. The Morgan fingerprint density at radius 3 is 2.40 bits per heavy atom. The molecule has 1 N–H and O–H groups in total. The van der Waals surface area contributed by atoms with Crippen LogP contribution in [0, 0.1) is 5.92 Å². The largest absolute Gasteiger partial charge is 0.388 e. The van der Waals surface area contributed by atoms with E-state index in [1.54, 1.807) is 35.6 Å². The number of benzene rings is 1. The van der Waals surface area contributed by atoms with E-state index in [2.05, 4.69) is 12.2 Å². The number of nitrogens with zero attached hydrogens (tertiary/aromatic N) is 1. The molecule has 0 aromatic heterocycles. The van der Waals surface area contributed by atoms with Gasteiger partial charge in [-0.2, -0.15) is 4.31 Å². The van der Waals surface area contributed by atoms with Gasteiger partial charge in [-0.3, -0.25) is 0 Å². The highest BCUT2D eigenvalue weighted by molar-refractivity contribution is 7.89. The SMILES string of the molecule is CNc1ccc(S(=O)(=O)N(C)C2CCCC(C)C2)cc1. The van der Waals surface area contributed by atoms with Crippen molar-refractivity contribution in [2.45, 2.75) is 43.5 Å². The fraction of sp³-hybridized carbons (Fsp3) is 0.600. The number of hydrogen-bond acceptors (Lipinski definition) is 3. The Morgan fingerprint density at radius 2 is 1.85 bits per heavy atom. The number of rotatable bonds is 4. The Morgan fingerprint density at radius 1 is 1.20 bits per heavy atom. The van der Waals surface area contributed by atoms with Crippen molar-refractivity contribution < 1.29 is 8.42 Å². The normalized spacial score (nSPS) is 23.8. The number of hydrogen-bond donors (Lipinski definition) is 1. The van der Waals surface area contributed by atoms with Crippen LogP contribution in [0.15, 0.2) is 29.2 Å². The molecule has 5 heteroatoms. The zero-order chi connectivity index (χ0) is 14.8. The molecular formula is C15H24N2O2S. The molecule has 1 aromatic carbocycles. The summed E-state index contributed by atoms with van der Waals surface area (Å²) in [6.45, 7) is 2.20. The molecule has 1 aromatic rings. The maximum atomic E-state index is 12.6. The molecule has 0 aliphatic heterocycles. The lowest BCUT2D eigenvalue weighted by atomic mass is 9.87. The van der Waals surface area contributed by atoms with E-state index in [4.69, 9.17) is 0 Å². The standard InChI is InChI=1S/C15H24N2O2S/c1-12-5-4-6-14(11-12)17(3)20(18,19)15-9-7-13(16-2)8-10-15/h7-10,12,14,16H,4-6,11H2,1-3H3. The van der Waals surface area contributed by atoms with Crippen molar-refractivity contribution in [3.05, 3.63) is 24.3 Å². The smallest absolute Gasteiger partial charge is 0.243 e. The third-order valence-corrected chi connectivity index (χ3v) is 6.17. The Balaban J connectivity index is 2.19. The lowest BCUT2D eigenvalue weighted by molar-refractivity contribution is 0.239. The van der Waals surface area contributed by atoms with Gasteiger partial charge in [0.25, 0.3) is 0 Å². The van der Waals surface area contributed by atoms with Gasteiger partial charge in [0, 0.05) is 25.8 Å². The van der Waals surface area contributed by atoms with Crippen LogP contribution in [0.2, 0.25) is 0 Å². The summed E-state index contributed by atoms with van der Waals surface area (Å²) in [5, 5.41) is 3.00. The molecule has 0 heterocycles. The van der Waals surface area contributed by atoms with Crippen LogP contribution in [-0.4, -0.2) is 32.9 Å². The molecule has 112 valence electrons. The monoisotopic (exact) mass is 296 g/mol. The highest BCUT2D eigenvalue weighted by Gasteiger charge is 2.30. The van der Waals surface area contributed by atoms with Crippen LogP contribution < -0.4 is 5.32 Å². The molecule has 1 fully saturated rings. The summed E-state index contributed by atoms with van der Waals surface area (Å²) in [6, 6.07) is 7.06. The molecule has 2 rings (SSSR count). The summed E-state index contributed by atoms with van der Waals surface area (Å²) in [7, 11) is 0.149. The summed E-state index contributed by atoms with van der Waals surface area (Å²) in [4.78, 5) is 0.372. The Kier molecular flexibility index (Phi) is 4.70. The quantitative estimate of drug-likeness (QED) is 0.929. The summed E-state index contributed by atoms with van der Waals surface area (Å²) in [5.41, 5.74) is 0.915. The molecule has 1 aliphatic carbocycles. The van der Waals surface area contributed by atoms with Gasteiger partial charge in [-0.1, -0.05) is 19.8 Å². The van der Waals surface area contributed by atoms with Gasteiger partial charge in [-0.15, -0.1) is 0 Å². The maximum absolute atomic E-state index is 12.6.